The molecule has 6 heteroatoms. The van der Waals surface area contributed by atoms with Crippen LogP contribution in [0.1, 0.15) is 0 Å². The van der Waals surface area contributed by atoms with Gasteiger partial charge in [0, 0.05) is 5.56 Å². The molecular weight excluding hydrogens is 324 g/mol. The van der Waals surface area contributed by atoms with Gasteiger partial charge in [0.25, 0.3) is 0 Å². The molecule has 0 aliphatic rings. The molecule has 2 rings (SSSR count). The second-order valence-electron chi connectivity index (χ2n) is 2.75. The van der Waals surface area contributed by atoms with Gasteiger partial charge in [-0.05, 0) is 39.7 Å². The Kier molecular flexibility index (Phi) is 3.26. The summed E-state index contributed by atoms with van der Waals surface area (Å²) in [7, 11) is 0. The highest BCUT2D eigenvalue weighted by Gasteiger charge is 2.14. The molecule has 1 aromatic carbocycles. The van der Waals surface area contributed by atoms with Crippen molar-refractivity contribution >= 4 is 50.7 Å². The first-order valence-electron chi connectivity index (χ1n) is 3.85. The van der Waals surface area contributed by atoms with Crippen LogP contribution in [0.5, 0.6) is 0 Å². The van der Waals surface area contributed by atoms with Crippen LogP contribution in [-0.2, 0) is 0 Å². The van der Waals surface area contributed by atoms with Crippen LogP contribution >= 0.6 is 50.7 Å². The van der Waals surface area contributed by atoms with E-state index < -0.39 is 0 Å². The highest BCUT2D eigenvalue weighted by Crippen LogP contribution is 2.35. The van der Waals surface area contributed by atoms with Crippen molar-refractivity contribution in [2.45, 2.75) is 0 Å². The lowest BCUT2D eigenvalue weighted by Crippen LogP contribution is -1.79. The van der Waals surface area contributed by atoms with Crippen molar-refractivity contribution in [2.75, 3.05) is 0 Å². The maximum atomic E-state index is 5.88. The SMILES string of the molecule is Clc1ccc(-c2noc(Cl)c2Br)cc1Cl. The molecule has 78 valence electrons. The maximum absolute atomic E-state index is 5.88. The molecule has 0 bridgehead atoms. The van der Waals surface area contributed by atoms with Crippen LogP contribution in [-0.4, -0.2) is 5.16 Å². The van der Waals surface area contributed by atoms with Crippen molar-refractivity contribution in [1.29, 1.82) is 0 Å². The van der Waals surface area contributed by atoms with E-state index >= 15 is 0 Å². The van der Waals surface area contributed by atoms with Crippen molar-refractivity contribution in [3.8, 4) is 11.3 Å². The zero-order chi connectivity index (χ0) is 11.0. The Labute approximate surface area is 109 Å². The van der Waals surface area contributed by atoms with Gasteiger partial charge in [0.05, 0.1) is 10.0 Å². The molecule has 0 spiro atoms. The van der Waals surface area contributed by atoms with Gasteiger partial charge in [-0.25, -0.2) is 0 Å². The topological polar surface area (TPSA) is 26.0 Å². The standard InChI is InChI=1S/C9H3BrCl3NO/c10-7-8(14-15-9(7)13)4-1-2-5(11)6(12)3-4/h1-3H. The fourth-order valence-electron chi connectivity index (χ4n) is 1.08. The van der Waals surface area contributed by atoms with Crippen molar-refractivity contribution in [1.82, 2.24) is 5.16 Å². The Balaban J connectivity index is 2.55. The lowest BCUT2D eigenvalue weighted by atomic mass is 10.1. The van der Waals surface area contributed by atoms with E-state index in [2.05, 4.69) is 21.1 Å². The summed E-state index contributed by atoms with van der Waals surface area (Å²) >= 11 is 20.7. The summed E-state index contributed by atoms with van der Waals surface area (Å²) in [5, 5.41) is 4.96. The molecular formula is C9H3BrCl3NO. The van der Waals surface area contributed by atoms with Gasteiger partial charge in [-0.15, -0.1) is 0 Å². The Morgan fingerprint density at radius 1 is 1.13 bits per heavy atom. The number of hydrogen-bond donors (Lipinski definition) is 0. The zero-order valence-corrected chi connectivity index (χ0v) is 11.0. The summed E-state index contributed by atoms with van der Waals surface area (Å²) in [5.74, 6) is 0. The Hall–Kier alpha value is -0.220. The largest absolute Gasteiger partial charge is 0.343 e. The molecule has 0 atom stereocenters. The molecule has 0 amide bonds. The summed E-state index contributed by atoms with van der Waals surface area (Å²) in [6, 6.07) is 5.17. The second kappa shape index (κ2) is 4.34. The molecule has 0 radical (unpaired) electrons. The van der Waals surface area contributed by atoms with Crippen LogP contribution in [0.25, 0.3) is 11.3 Å². The average Bonchev–Trinajstić information content (AvgIpc) is 2.53. The minimum absolute atomic E-state index is 0.205. The predicted octanol–water partition coefficient (Wildman–Crippen LogP) is 5.06. The lowest BCUT2D eigenvalue weighted by molar-refractivity contribution is 0.423. The van der Waals surface area contributed by atoms with Gasteiger partial charge in [0.2, 0.25) is 5.22 Å². The van der Waals surface area contributed by atoms with Gasteiger partial charge < -0.3 is 4.52 Å². The van der Waals surface area contributed by atoms with Crippen LogP contribution in [0.15, 0.2) is 27.2 Å². The summed E-state index contributed by atoms with van der Waals surface area (Å²) < 4.78 is 5.41. The molecule has 0 N–H and O–H groups in total. The normalized spacial score (nSPS) is 10.7. The van der Waals surface area contributed by atoms with Crippen LogP contribution in [0, 0.1) is 0 Å². The van der Waals surface area contributed by atoms with E-state index in [1.54, 1.807) is 18.2 Å². The average molecular weight is 327 g/mol. The highest BCUT2D eigenvalue weighted by molar-refractivity contribution is 9.10. The van der Waals surface area contributed by atoms with E-state index in [1.807, 2.05) is 0 Å². The van der Waals surface area contributed by atoms with Gasteiger partial charge in [0.1, 0.15) is 10.2 Å². The van der Waals surface area contributed by atoms with Crippen molar-refractivity contribution in [2.24, 2.45) is 0 Å². The number of nitrogens with zero attached hydrogens (tertiary/aromatic N) is 1. The fraction of sp³-hybridized carbons (Fsp3) is 0. The number of halogens is 4. The fourth-order valence-corrected chi connectivity index (χ4v) is 1.88. The highest BCUT2D eigenvalue weighted by atomic mass is 79.9. The van der Waals surface area contributed by atoms with Gasteiger partial charge in [-0.2, -0.15) is 0 Å². The molecule has 2 aromatic rings. The third-order valence-electron chi connectivity index (χ3n) is 1.79. The number of hydrogen-bond acceptors (Lipinski definition) is 2. The van der Waals surface area contributed by atoms with E-state index in [0.29, 0.717) is 20.2 Å². The zero-order valence-electron chi connectivity index (χ0n) is 7.10. The minimum atomic E-state index is 0.205. The molecule has 1 heterocycles. The maximum Gasteiger partial charge on any atom is 0.240 e. The molecule has 0 aliphatic carbocycles. The van der Waals surface area contributed by atoms with E-state index in [9.17, 15) is 0 Å². The first kappa shape index (κ1) is 11.3. The lowest BCUT2D eigenvalue weighted by Gasteiger charge is -1.99. The number of aromatic nitrogens is 1. The van der Waals surface area contributed by atoms with Crippen LogP contribution < -0.4 is 0 Å². The molecule has 2 nitrogen and oxygen atoms in total. The van der Waals surface area contributed by atoms with Crippen molar-refractivity contribution in [3.05, 3.63) is 37.9 Å². The smallest absolute Gasteiger partial charge is 0.240 e. The van der Waals surface area contributed by atoms with Crippen LogP contribution in [0.3, 0.4) is 0 Å². The Bertz CT molecular complexity index is 512. The minimum Gasteiger partial charge on any atom is -0.343 e. The van der Waals surface area contributed by atoms with Gasteiger partial charge in [-0.1, -0.05) is 34.4 Å². The summed E-state index contributed by atoms with van der Waals surface area (Å²) in [6.07, 6.45) is 0. The second-order valence-corrected chi connectivity index (χ2v) is 4.70. The van der Waals surface area contributed by atoms with Crippen LogP contribution in [0.4, 0.5) is 0 Å². The third kappa shape index (κ3) is 2.16. The summed E-state index contributed by atoms with van der Waals surface area (Å²) in [4.78, 5) is 0. The molecule has 15 heavy (non-hydrogen) atoms. The monoisotopic (exact) mass is 325 g/mol. The number of rotatable bonds is 1. The molecule has 0 saturated carbocycles. The van der Waals surface area contributed by atoms with E-state index in [4.69, 9.17) is 39.3 Å². The summed E-state index contributed by atoms with van der Waals surface area (Å²) in [5.41, 5.74) is 1.38. The molecule has 0 fully saturated rings. The molecule has 0 aliphatic heterocycles. The van der Waals surface area contributed by atoms with Crippen molar-refractivity contribution in [3.63, 3.8) is 0 Å². The summed E-state index contributed by atoms with van der Waals surface area (Å²) in [6.45, 7) is 0. The van der Waals surface area contributed by atoms with Crippen LogP contribution in [0.2, 0.25) is 15.3 Å². The van der Waals surface area contributed by atoms with Gasteiger partial charge >= 0.3 is 0 Å². The van der Waals surface area contributed by atoms with Gasteiger partial charge in [-0.3, -0.25) is 0 Å². The first-order chi connectivity index (χ1) is 7.09. The Morgan fingerprint density at radius 2 is 1.87 bits per heavy atom. The first-order valence-corrected chi connectivity index (χ1v) is 5.78. The number of benzene rings is 1. The molecule has 0 unspecified atom stereocenters. The van der Waals surface area contributed by atoms with Gasteiger partial charge in [0.15, 0.2) is 0 Å². The van der Waals surface area contributed by atoms with Crippen molar-refractivity contribution < 1.29 is 4.52 Å². The predicted molar refractivity (Wildman–Crippen MR) is 64.7 cm³/mol. The third-order valence-corrected chi connectivity index (χ3v) is 3.75. The van der Waals surface area contributed by atoms with E-state index in [-0.39, 0.29) is 5.22 Å². The quantitative estimate of drug-likeness (QED) is 0.731. The Morgan fingerprint density at radius 3 is 2.40 bits per heavy atom. The van der Waals surface area contributed by atoms with E-state index in [1.165, 1.54) is 0 Å². The van der Waals surface area contributed by atoms with E-state index in [0.717, 1.165) is 5.56 Å². The molecule has 0 saturated heterocycles. The molecule has 1 aromatic heterocycles.